The van der Waals surface area contributed by atoms with Gasteiger partial charge in [0.05, 0.1) is 12.5 Å². The summed E-state index contributed by atoms with van der Waals surface area (Å²) in [6.45, 7) is 6.46. The van der Waals surface area contributed by atoms with Gasteiger partial charge < -0.3 is 15.0 Å². The molecule has 2 fully saturated rings. The van der Waals surface area contributed by atoms with Gasteiger partial charge >= 0.3 is 5.97 Å². The maximum atomic E-state index is 13.1. The van der Waals surface area contributed by atoms with Gasteiger partial charge in [-0.1, -0.05) is 13.8 Å². The second-order valence-electron chi connectivity index (χ2n) is 6.27. The van der Waals surface area contributed by atoms with E-state index >= 15 is 0 Å². The molecule has 1 N–H and O–H groups in total. The molecular weight excluding hydrogens is 256 g/mol. The fourth-order valence-corrected chi connectivity index (χ4v) is 3.48. The normalized spacial score (nSPS) is 30.6. The SMILES string of the molecule is COC(=O)C1CCCCN1C(=O)C1(C(C)C)CCNC1. The Bertz CT molecular complexity index is 375. The number of hydrogen-bond acceptors (Lipinski definition) is 4. The fraction of sp³-hybridized carbons (Fsp3) is 0.867. The minimum Gasteiger partial charge on any atom is -0.467 e. The Kier molecular flexibility index (Phi) is 4.68. The summed E-state index contributed by atoms with van der Waals surface area (Å²) in [5.41, 5.74) is -0.358. The van der Waals surface area contributed by atoms with Crippen LogP contribution < -0.4 is 5.32 Å². The van der Waals surface area contributed by atoms with E-state index in [1.165, 1.54) is 7.11 Å². The third-order valence-electron chi connectivity index (χ3n) is 4.96. The first kappa shape index (κ1) is 15.3. The highest BCUT2D eigenvalue weighted by Crippen LogP contribution is 2.38. The van der Waals surface area contributed by atoms with Gasteiger partial charge in [0.1, 0.15) is 6.04 Å². The van der Waals surface area contributed by atoms with Gasteiger partial charge in [-0.3, -0.25) is 4.79 Å². The first-order valence-corrected chi connectivity index (χ1v) is 7.62. The van der Waals surface area contributed by atoms with Crippen LogP contribution in [0, 0.1) is 11.3 Å². The van der Waals surface area contributed by atoms with Gasteiger partial charge in [-0.2, -0.15) is 0 Å². The van der Waals surface area contributed by atoms with Crippen molar-refractivity contribution >= 4 is 11.9 Å². The monoisotopic (exact) mass is 282 g/mol. The summed E-state index contributed by atoms with van der Waals surface area (Å²) in [5, 5.41) is 3.31. The van der Waals surface area contributed by atoms with Crippen molar-refractivity contribution in [1.29, 1.82) is 0 Å². The van der Waals surface area contributed by atoms with Crippen LogP contribution in [0.5, 0.6) is 0 Å². The van der Waals surface area contributed by atoms with Crippen LogP contribution >= 0.6 is 0 Å². The zero-order valence-corrected chi connectivity index (χ0v) is 12.8. The molecule has 2 aliphatic heterocycles. The van der Waals surface area contributed by atoms with Gasteiger partial charge in [-0.15, -0.1) is 0 Å². The zero-order chi connectivity index (χ0) is 14.8. The summed E-state index contributed by atoms with van der Waals surface area (Å²) in [6.07, 6.45) is 3.53. The lowest BCUT2D eigenvalue weighted by atomic mass is 9.74. The second-order valence-corrected chi connectivity index (χ2v) is 6.27. The van der Waals surface area contributed by atoms with Crippen LogP contribution in [0.1, 0.15) is 39.5 Å². The largest absolute Gasteiger partial charge is 0.467 e. The highest BCUT2D eigenvalue weighted by molar-refractivity contribution is 5.89. The average molecular weight is 282 g/mol. The summed E-state index contributed by atoms with van der Waals surface area (Å²) >= 11 is 0. The van der Waals surface area contributed by atoms with Crippen LogP contribution in [0.4, 0.5) is 0 Å². The molecule has 2 aliphatic rings. The molecule has 1 amide bonds. The highest BCUT2D eigenvalue weighted by atomic mass is 16.5. The molecule has 0 aromatic rings. The van der Waals surface area contributed by atoms with Crippen molar-refractivity contribution in [2.45, 2.75) is 45.6 Å². The van der Waals surface area contributed by atoms with Crippen molar-refractivity contribution in [3.8, 4) is 0 Å². The Morgan fingerprint density at radius 2 is 2.10 bits per heavy atom. The quantitative estimate of drug-likeness (QED) is 0.790. The lowest BCUT2D eigenvalue weighted by Crippen LogP contribution is -2.56. The Balaban J connectivity index is 2.22. The number of piperidine rings is 1. The van der Waals surface area contributed by atoms with Crippen molar-refractivity contribution in [1.82, 2.24) is 10.2 Å². The molecule has 2 unspecified atom stereocenters. The van der Waals surface area contributed by atoms with Crippen molar-refractivity contribution < 1.29 is 14.3 Å². The van der Waals surface area contributed by atoms with Crippen LogP contribution in [-0.2, 0) is 14.3 Å². The Labute approximate surface area is 121 Å². The van der Waals surface area contributed by atoms with Crippen LogP contribution in [0.15, 0.2) is 0 Å². The molecule has 0 aliphatic carbocycles. The van der Waals surface area contributed by atoms with E-state index in [1.807, 2.05) is 0 Å². The van der Waals surface area contributed by atoms with Gasteiger partial charge in [0.25, 0.3) is 0 Å². The molecular formula is C15H26N2O3. The van der Waals surface area contributed by atoms with E-state index in [-0.39, 0.29) is 23.2 Å². The highest BCUT2D eigenvalue weighted by Gasteiger charge is 2.48. The Morgan fingerprint density at radius 3 is 2.65 bits per heavy atom. The molecule has 20 heavy (non-hydrogen) atoms. The Morgan fingerprint density at radius 1 is 1.35 bits per heavy atom. The molecule has 5 nitrogen and oxygen atoms in total. The molecule has 0 saturated carbocycles. The van der Waals surface area contributed by atoms with Crippen LogP contribution in [0.25, 0.3) is 0 Å². The summed E-state index contributed by atoms with van der Waals surface area (Å²) in [5.74, 6) is 0.126. The number of amides is 1. The zero-order valence-electron chi connectivity index (χ0n) is 12.8. The van der Waals surface area contributed by atoms with Gasteiger partial charge in [0, 0.05) is 13.1 Å². The van der Waals surface area contributed by atoms with Gasteiger partial charge in [0.2, 0.25) is 5.91 Å². The smallest absolute Gasteiger partial charge is 0.328 e. The maximum Gasteiger partial charge on any atom is 0.328 e. The van der Waals surface area contributed by atoms with E-state index in [4.69, 9.17) is 4.74 Å². The molecule has 2 atom stereocenters. The number of likely N-dealkylation sites (tertiary alicyclic amines) is 1. The Hall–Kier alpha value is -1.10. The minimum atomic E-state index is -0.391. The molecule has 0 aromatic heterocycles. The predicted octanol–water partition coefficient (Wildman–Crippen LogP) is 1.18. The van der Waals surface area contributed by atoms with E-state index in [0.717, 1.165) is 32.2 Å². The number of methoxy groups -OCH3 is 1. The first-order chi connectivity index (χ1) is 9.53. The molecule has 114 valence electrons. The molecule has 0 aromatic carbocycles. The third kappa shape index (κ3) is 2.55. The van der Waals surface area contributed by atoms with Crippen molar-refractivity contribution in [2.24, 2.45) is 11.3 Å². The van der Waals surface area contributed by atoms with Crippen molar-refractivity contribution in [3.63, 3.8) is 0 Å². The van der Waals surface area contributed by atoms with Crippen LogP contribution in [0.3, 0.4) is 0 Å². The number of nitrogens with zero attached hydrogens (tertiary/aromatic N) is 1. The molecule has 0 spiro atoms. The lowest BCUT2D eigenvalue weighted by molar-refractivity contribution is -0.160. The van der Waals surface area contributed by atoms with Crippen LogP contribution in [-0.4, -0.2) is 49.6 Å². The number of nitrogens with one attached hydrogen (secondary N) is 1. The second kappa shape index (κ2) is 6.12. The number of carbonyl (C=O) groups excluding carboxylic acids is 2. The van der Waals surface area contributed by atoms with E-state index < -0.39 is 6.04 Å². The van der Waals surface area contributed by atoms with E-state index in [1.54, 1.807) is 4.90 Å². The van der Waals surface area contributed by atoms with Crippen LogP contribution in [0.2, 0.25) is 0 Å². The lowest BCUT2D eigenvalue weighted by Gasteiger charge is -2.41. The molecule has 0 radical (unpaired) electrons. The first-order valence-electron chi connectivity index (χ1n) is 7.62. The summed E-state index contributed by atoms with van der Waals surface area (Å²) < 4.78 is 4.88. The summed E-state index contributed by atoms with van der Waals surface area (Å²) in [4.78, 5) is 26.8. The maximum absolute atomic E-state index is 13.1. The van der Waals surface area contributed by atoms with E-state index in [0.29, 0.717) is 13.1 Å². The number of esters is 1. The molecule has 0 bridgehead atoms. The minimum absolute atomic E-state index is 0.132. The van der Waals surface area contributed by atoms with Crippen molar-refractivity contribution in [3.05, 3.63) is 0 Å². The molecule has 2 saturated heterocycles. The average Bonchev–Trinajstić information content (AvgIpc) is 2.96. The summed E-state index contributed by atoms with van der Waals surface area (Å²) in [6, 6.07) is -0.391. The van der Waals surface area contributed by atoms with E-state index in [9.17, 15) is 9.59 Å². The predicted molar refractivity (Wildman–Crippen MR) is 76.1 cm³/mol. The third-order valence-corrected chi connectivity index (χ3v) is 4.96. The number of hydrogen-bond donors (Lipinski definition) is 1. The number of rotatable bonds is 3. The van der Waals surface area contributed by atoms with Gasteiger partial charge in [0.15, 0.2) is 0 Å². The van der Waals surface area contributed by atoms with Gasteiger partial charge in [-0.25, -0.2) is 4.79 Å². The molecule has 2 rings (SSSR count). The topological polar surface area (TPSA) is 58.6 Å². The van der Waals surface area contributed by atoms with E-state index in [2.05, 4.69) is 19.2 Å². The van der Waals surface area contributed by atoms with Gasteiger partial charge in [-0.05, 0) is 38.1 Å². The molecule has 2 heterocycles. The molecule has 5 heteroatoms. The number of ether oxygens (including phenoxy) is 1. The van der Waals surface area contributed by atoms with Crippen molar-refractivity contribution in [2.75, 3.05) is 26.7 Å². The standard InChI is InChI=1S/C15H26N2O3/c1-11(2)15(7-8-16-10-15)14(19)17-9-5-4-6-12(17)13(18)20-3/h11-12,16H,4-10H2,1-3H3. The summed E-state index contributed by atoms with van der Waals surface area (Å²) in [7, 11) is 1.40. The number of carbonyl (C=O) groups is 2. The fourth-order valence-electron chi connectivity index (χ4n) is 3.48.